The minimum Gasteiger partial charge on any atom is -0.0654 e. The molecule has 0 aliphatic heterocycles. The molecule has 26 heavy (non-hydrogen) atoms. The van der Waals surface area contributed by atoms with E-state index in [0.717, 1.165) is 5.92 Å². The predicted octanol–water partition coefficient (Wildman–Crippen LogP) is 10.2. The lowest BCUT2D eigenvalue weighted by atomic mass is 9.95. The average Bonchev–Trinajstić information content (AvgIpc) is 2.64. The molecule has 0 aromatic carbocycles. The predicted molar refractivity (Wildman–Crippen MR) is 122 cm³/mol. The van der Waals surface area contributed by atoms with Gasteiger partial charge in [-0.15, -0.1) is 0 Å². The summed E-state index contributed by atoms with van der Waals surface area (Å²) in [6.45, 7) is 7.09. The van der Waals surface area contributed by atoms with Gasteiger partial charge < -0.3 is 0 Å². The first kappa shape index (κ1) is 26.0. The molecular weight excluding hydrogens is 312 g/mol. The van der Waals surface area contributed by atoms with Crippen LogP contribution in [0, 0.1) is 5.92 Å². The molecule has 0 radical (unpaired) electrons. The van der Waals surface area contributed by atoms with Crippen molar-refractivity contribution < 1.29 is 0 Å². The lowest BCUT2D eigenvalue weighted by molar-refractivity contribution is 0.430. The van der Waals surface area contributed by atoms with Gasteiger partial charge in [-0.2, -0.15) is 0 Å². The Morgan fingerprint density at radius 2 is 0.577 bits per heavy atom. The lowest BCUT2D eigenvalue weighted by Gasteiger charge is -2.11. The van der Waals surface area contributed by atoms with Gasteiger partial charge in [0.1, 0.15) is 0 Å². The van der Waals surface area contributed by atoms with Crippen LogP contribution in [0.5, 0.6) is 0 Å². The second-order valence-electron chi connectivity index (χ2n) is 9.05. The van der Waals surface area contributed by atoms with Gasteiger partial charge in [-0.1, -0.05) is 162 Å². The number of hydrogen-bond acceptors (Lipinski definition) is 0. The number of unbranched alkanes of at least 4 members (excludes halogenated alkanes) is 18. The molecule has 0 aliphatic rings. The molecule has 1 atom stereocenters. The number of rotatable bonds is 22. The van der Waals surface area contributed by atoms with Crippen molar-refractivity contribution >= 4 is 0 Å². The van der Waals surface area contributed by atoms with Gasteiger partial charge in [0.05, 0.1) is 0 Å². The van der Waals surface area contributed by atoms with Gasteiger partial charge in [-0.05, 0) is 5.92 Å². The molecule has 0 spiro atoms. The van der Waals surface area contributed by atoms with Gasteiger partial charge in [-0.25, -0.2) is 0 Å². The highest BCUT2D eigenvalue weighted by molar-refractivity contribution is 4.56. The third kappa shape index (κ3) is 22.0. The molecule has 1 unspecified atom stereocenters. The summed E-state index contributed by atoms with van der Waals surface area (Å²) in [5, 5.41) is 0. The molecule has 0 heteroatoms. The van der Waals surface area contributed by atoms with Crippen LogP contribution >= 0.6 is 0 Å². The van der Waals surface area contributed by atoms with Crippen LogP contribution in [0.25, 0.3) is 0 Å². The monoisotopic (exact) mass is 366 g/mol. The van der Waals surface area contributed by atoms with Crippen LogP contribution in [0.15, 0.2) is 0 Å². The minimum absolute atomic E-state index is 0.970. The molecule has 0 N–H and O–H groups in total. The zero-order valence-corrected chi connectivity index (χ0v) is 19.1. The maximum atomic E-state index is 2.49. The zero-order chi connectivity index (χ0) is 19.1. The summed E-state index contributed by atoms with van der Waals surface area (Å²) >= 11 is 0. The standard InChI is InChI=1S/C26H54/c1-4-6-8-10-12-14-15-17-19-21-23-25-26(3)24-22-20-18-16-13-11-9-7-5-2/h26H,4-25H2,1-3H3. The van der Waals surface area contributed by atoms with Crippen molar-refractivity contribution in [3.63, 3.8) is 0 Å². The maximum Gasteiger partial charge on any atom is -0.0443 e. The van der Waals surface area contributed by atoms with E-state index in [1.165, 1.54) is 141 Å². The van der Waals surface area contributed by atoms with Crippen LogP contribution in [-0.2, 0) is 0 Å². The van der Waals surface area contributed by atoms with Crippen molar-refractivity contribution in [3.8, 4) is 0 Å². The molecule has 0 bridgehead atoms. The smallest absolute Gasteiger partial charge is 0.0443 e. The van der Waals surface area contributed by atoms with E-state index in [9.17, 15) is 0 Å². The fourth-order valence-corrected chi connectivity index (χ4v) is 4.10. The van der Waals surface area contributed by atoms with Crippen LogP contribution in [0.4, 0.5) is 0 Å². The van der Waals surface area contributed by atoms with Crippen LogP contribution in [0.2, 0.25) is 0 Å². The van der Waals surface area contributed by atoms with E-state index in [0.29, 0.717) is 0 Å². The van der Waals surface area contributed by atoms with E-state index < -0.39 is 0 Å². The highest BCUT2D eigenvalue weighted by Crippen LogP contribution is 2.19. The molecule has 0 fully saturated rings. The summed E-state index contributed by atoms with van der Waals surface area (Å²) in [6, 6.07) is 0. The molecule has 158 valence electrons. The van der Waals surface area contributed by atoms with E-state index in [-0.39, 0.29) is 0 Å². The Balaban J connectivity index is 3.12. The van der Waals surface area contributed by atoms with E-state index in [1.54, 1.807) is 0 Å². The highest BCUT2D eigenvalue weighted by Gasteiger charge is 2.02. The Hall–Kier alpha value is 0. The van der Waals surface area contributed by atoms with E-state index in [1.807, 2.05) is 0 Å². The fourth-order valence-electron chi connectivity index (χ4n) is 4.10. The molecule has 0 heterocycles. The van der Waals surface area contributed by atoms with Gasteiger partial charge in [0, 0.05) is 0 Å². The summed E-state index contributed by atoms with van der Waals surface area (Å²) in [5.41, 5.74) is 0. The highest BCUT2D eigenvalue weighted by atomic mass is 14.1. The van der Waals surface area contributed by atoms with Crippen LogP contribution in [-0.4, -0.2) is 0 Å². The van der Waals surface area contributed by atoms with Crippen molar-refractivity contribution in [2.45, 2.75) is 162 Å². The van der Waals surface area contributed by atoms with E-state index >= 15 is 0 Å². The first-order valence-corrected chi connectivity index (χ1v) is 12.8. The Morgan fingerprint density at radius 3 is 0.846 bits per heavy atom. The molecule has 0 rings (SSSR count). The summed E-state index contributed by atoms with van der Waals surface area (Å²) in [7, 11) is 0. The van der Waals surface area contributed by atoms with Crippen molar-refractivity contribution in [2.75, 3.05) is 0 Å². The summed E-state index contributed by atoms with van der Waals surface area (Å²) in [4.78, 5) is 0. The Bertz CT molecular complexity index is 232. The van der Waals surface area contributed by atoms with Crippen molar-refractivity contribution in [1.82, 2.24) is 0 Å². The molecule has 0 saturated heterocycles. The van der Waals surface area contributed by atoms with Crippen LogP contribution < -0.4 is 0 Å². The first-order valence-electron chi connectivity index (χ1n) is 12.8. The number of hydrogen-bond donors (Lipinski definition) is 0. The Morgan fingerprint density at radius 1 is 0.346 bits per heavy atom. The van der Waals surface area contributed by atoms with E-state index in [2.05, 4.69) is 20.8 Å². The SMILES string of the molecule is CCCCCCCCCCCCCC(C)CCCCCCCCCCC. The molecule has 0 aliphatic carbocycles. The molecule has 0 nitrogen and oxygen atoms in total. The zero-order valence-electron chi connectivity index (χ0n) is 19.1. The molecule has 0 aromatic heterocycles. The van der Waals surface area contributed by atoms with Crippen LogP contribution in [0.3, 0.4) is 0 Å². The van der Waals surface area contributed by atoms with Gasteiger partial charge in [0.15, 0.2) is 0 Å². The second kappa shape index (κ2) is 23.0. The van der Waals surface area contributed by atoms with Crippen molar-refractivity contribution in [3.05, 3.63) is 0 Å². The Labute approximate surface area is 168 Å². The first-order chi connectivity index (χ1) is 12.8. The van der Waals surface area contributed by atoms with Gasteiger partial charge in [-0.3, -0.25) is 0 Å². The lowest BCUT2D eigenvalue weighted by Crippen LogP contribution is -1.95. The van der Waals surface area contributed by atoms with Crippen molar-refractivity contribution in [2.24, 2.45) is 5.92 Å². The van der Waals surface area contributed by atoms with Crippen molar-refractivity contribution in [1.29, 1.82) is 0 Å². The molecule has 0 aromatic rings. The van der Waals surface area contributed by atoms with Gasteiger partial charge in [0.2, 0.25) is 0 Å². The summed E-state index contributed by atoms with van der Waals surface area (Å²) in [5.74, 6) is 0.970. The quantitative estimate of drug-likeness (QED) is 0.167. The fraction of sp³-hybridized carbons (Fsp3) is 1.00. The van der Waals surface area contributed by atoms with E-state index in [4.69, 9.17) is 0 Å². The molecule has 0 amide bonds. The normalized spacial score (nSPS) is 12.6. The average molecular weight is 367 g/mol. The maximum absolute atomic E-state index is 2.49. The largest absolute Gasteiger partial charge is 0.0654 e. The summed E-state index contributed by atoms with van der Waals surface area (Å²) < 4.78 is 0. The van der Waals surface area contributed by atoms with Gasteiger partial charge in [0.25, 0.3) is 0 Å². The second-order valence-corrected chi connectivity index (χ2v) is 9.05. The molecular formula is C26H54. The molecule has 0 saturated carbocycles. The topological polar surface area (TPSA) is 0 Å². The van der Waals surface area contributed by atoms with Gasteiger partial charge >= 0.3 is 0 Å². The Kier molecular flexibility index (Phi) is 23.0. The third-order valence-electron chi connectivity index (χ3n) is 6.10. The minimum atomic E-state index is 0.970. The third-order valence-corrected chi connectivity index (χ3v) is 6.10. The van der Waals surface area contributed by atoms with Crippen LogP contribution in [0.1, 0.15) is 162 Å². The summed E-state index contributed by atoms with van der Waals surface area (Å²) in [6.07, 6.45) is 32.3.